The van der Waals surface area contributed by atoms with Crippen molar-refractivity contribution in [3.8, 4) is 5.75 Å². The third-order valence-electron chi connectivity index (χ3n) is 2.49. The largest absolute Gasteiger partial charge is 0.497 e. The molecule has 0 fully saturated rings. The van der Waals surface area contributed by atoms with E-state index in [0.29, 0.717) is 5.76 Å². The molecule has 3 nitrogen and oxygen atoms in total. The first kappa shape index (κ1) is 9.77. The molecule has 0 spiro atoms. The molecule has 2 aromatic rings. The van der Waals surface area contributed by atoms with Crippen molar-refractivity contribution in [1.29, 1.82) is 0 Å². The summed E-state index contributed by atoms with van der Waals surface area (Å²) in [6.07, 6.45) is 1.53. The smallest absolute Gasteiger partial charge is 0.185 e. The van der Waals surface area contributed by atoms with Crippen molar-refractivity contribution in [1.82, 2.24) is 0 Å². The molecular weight excluding hydrogens is 192 g/mol. The van der Waals surface area contributed by atoms with Gasteiger partial charge in [0.25, 0.3) is 0 Å². The number of aryl methyl sites for hydroxylation is 1. The highest BCUT2D eigenvalue weighted by Crippen LogP contribution is 2.28. The van der Waals surface area contributed by atoms with Gasteiger partial charge >= 0.3 is 0 Å². The van der Waals surface area contributed by atoms with E-state index in [1.54, 1.807) is 7.11 Å². The Morgan fingerprint density at radius 3 is 2.87 bits per heavy atom. The summed E-state index contributed by atoms with van der Waals surface area (Å²) in [5, 5.41) is 0.957. The van der Waals surface area contributed by atoms with E-state index in [-0.39, 0.29) is 0 Å². The lowest BCUT2D eigenvalue weighted by molar-refractivity contribution is 0.110. The number of methoxy groups -OCH3 is 1. The Morgan fingerprint density at radius 1 is 1.47 bits per heavy atom. The van der Waals surface area contributed by atoms with Gasteiger partial charge in [-0.3, -0.25) is 4.79 Å². The van der Waals surface area contributed by atoms with Crippen LogP contribution in [0.3, 0.4) is 0 Å². The summed E-state index contributed by atoms with van der Waals surface area (Å²) in [5.74, 6) is 1.19. The zero-order chi connectivity index (χ0) is 10.8. The van der Waals surface area contributed by atoms with Gasteiger partial charge in [0.2, 0.25) is 0 Å². The lowest BCUT2D eigenvalue weighted by Crippen LogP contribution is -1.85. The third kappa shape index (κ3) is 1.50. The molecule has 0 N–H and O–H groups in total. The first-order chi connectivity index (χ1) is 7.30. The molecule has 0 aliphatic carbocycles. The van der Waals surface area contributed by atoms with Gasteiger partial charge < -0.3 is 9.15 Å². The number of furan rings is 1. The maximum Gasteiger partial charge on any atom is 0.185 e. The molecule has 0 bridgehead atoms. The minimum atomic E-state index is 0.417. The fourth-order valence-electron chi connectivity index (χ4n) is 1.73. The third-order valence-corrected chi connectivity index (χ3v) is 2.49. The van der Waals surface area contributed by atoms with Crippen molar-refractivity contribution in [2.75, 3.05) is 7.11 Å². The highest BCUT2D eigenvalue weighted by atomic mass is 16.5. The molecule has 0 unspecified atom stereocenters. The van der Waals surface area contributed by atoms with Gasteiger partial charge in [-0.2, -0.15) is 0 Å². The highest BCUT2D eigenvalue weighted by Gasteiger charge is 2.12. The SMILES string of the molecule is CCc1c(C=O)oc2ccc(OC)cc12. The minimum absolute atomic E-state index is 0.417. The molecule has 0 amide bonds. The van der Waals surface area contributed by atoms with Crippen LogP contribution in [0.4, 0.5) is 0 Å². The second kappa shape index (κ2) is 3.77. The normalized spacial score (nSPS) is 10.5. The number of benzene rings is 1. The molecule has 0 saturated heterocycles. The van der Waals surface area contributed by atoms with Gasteiger partial charge in [0.05, 0.1) is 7.11 Å². The van der Waals surface area contributed by atoms with Gasteiger partial charge in [0.1, 0.15) is 11.3 Å². The summed E-state index contributed by atoms with van der Waals surface area (Å²) in [5.41, 5.74) is 1.67. The number of carbonyl (C=O) groups is 1. The van der Waals surface area contributed by atoms with Crippen LogP contribution in [-0.2, 0) is 6.42 Å². The summed E-state index contributed by atoms with van der Waals surface area (Å²) in [4.78, 5) is 10.8. The van der Waals surface area contributed by atoms with Crippen LogP contribution >= 0.6 is 0 Å². The maximum absolute atomic E-state index is 10.8. The van der Waals surface area contributed by atoms with E-state index in [9.17, 15) is 4.79 Å². The fourth-order valence-corrected chi connectivity index (χ4v) is 1.73. The number of aldehydes is 1. The molecule has 0 aliphatic heterocycles. The van der Waals surface area contributed by atoms with Crippen molar-refractivity contribution in [3.05, 3.63) is 29.5 Å². The van der Waals surface area contributed by atoms with Crippen LogP contribution in [0, 0.1) is 0 Å². The molecule has 1 aromatic carbocycles. The minimum Gasteiger partial charge on any atom is -0.497 e. The Morgan fingerprint density at radius 2 is 2.27 bits per heavy atom. The van der Waals surface area contributed by atoms with Crippen molar-refractivity contribution in [2.24, 2.45) is 0 Å². The van der Waals surface area contributed by atoms with E-state index in [1.807, 2.05) is 25.1 Å². The average molecular weight is 204 g/mol. The average Bonchev–Trinajstić information content (AvgIpc) is 2.65. The first-order valence-corrected chi connectivity index (χ1v) is 4.84. The van der Waals surface area contributed by atoms with Crippen LogP contribution in [0.1, 0.15) is 23.0 Å². The molecule has 0 atom stereocenters. The van der Waals surface area contributed by atoms with Crippen LogP contribution in [0.5, 0.6) is 5.75 Å². The quantitative estimate of drug-likeness (QED) is 0.721. The molecule has 0 radical (unpaired) electrons. The van der Waals surface area contributed by atoms with Crippen molar-refractivity contribution < 1.29 is 13.9 Å². The Labute approximate surface area is 87.6 Å². The zero-order valence-electron chi connectivity index (χ0n) is 8.74. The van der Waals surface area contributed by atoms with Gasteiger partial charge in [-0.25, -0.2) is 0 Å². The Bertz CT molecular complexity index is 497. The summed E-state index contributed by atoms with van der Waals surface area (Å²) >= 11 is 0. The summed E-state index contributed by atoms with van der Waals surface area (Å²) in [6.45, 7) is 2.00. The standard InChI is InChI=1S/C12H12O3/c1-3-9-10-6-8(14-2)4-5-11(10)15-12(9)7-13/h4-7H,3H2,1-2H3. The molecule has 3 heteroatoms. The van der Waals surface area contributed by atoms with Gasteiger partial charge in [-0.05, 0) is 24.6 Å². The first-order valence-electron chi connectivity index (χ1n) is 4.84. The Hall–Kier alpha value is -1.77. The van der Waals surface area contributed by atoms with Crippen LogP contribution in [0.2, 0.25) is 0 Å². The Kier molecular flexibility index (Phi) is 2.46. The van der Waals surface area contributed by atoms with Gasteiger partial charge in [-0.1, -0.05) is 6.92 Å². The second-order valence-corrected chi connectivity index (χ2v) is 3.28. The van der Waals surface area contributed by atoms with Gasteiger partial charge in [0, 0.05) is 10.9 Å². The predicted molar refractivity (Wildman–Crippen MR) is 57.5 cm³/mol. The predicted octanol–water partition coefficient (Wildman–Crippen LogP) is 2.82. The van der Waals surface area contributed by atoms with Gasteiger partial charge in [-0.15, -0.1) is 0 Å². The summed E-state index contributed by atoms with van der Waals surface area (Å²) in [7, 11) is 1.62. The lowest BCUT2D eigenvalue weighted by Gasteiger charge is -1.98. The van der Waals surface area contributed by atoms with E-state index >= 15 is 0 Å². The van der Waals surface area contributed by atoms with E-state index in [2.05, 4.69) is 0 Å². The number of fused-ring (bicyclic) bond motifs is 1. The van der Waals surface area contributed by atoms with Crippen molar-refractivity contribution >= 4 is 17.3 Å². The molecule has 78 valence electrons. The molecular formula is C12H12O3. The maximum atomic E-state index is 10.8. The molecule has 0 aliphatic rings. The van der Waals surface area contributed by atoms with Crippen LogP contribution in [-0.4, -0.2) is 13.4 Å². The molecule has 2 rings (SSSR count). The number of carbonyl (C=O) groups excluding carboxylic acids is 1. The van der Waals surface area contributed by atoms with Crippen LogP contribution in [0.25, 0.3) is 11.0 Å². The second-order valence-electron chi connectivity index (χ2n) is 3.28. The van der Waals surface area contributed by atoms with Crippen molar-refractivity contribution in [2.45, 2.75) is 13.3 Å². The Balaban J connectivity index is 2.73. The number of rotatable bonds is 3. The summed E-state index contributed by atoms with van der Waals surface area (Å²) < 4.78 is 10.5. The molecule has 15 heavy (non-hydrogen) atoms. The van der Waals surface area contributed by atoms with E-state index in [1.165, 1.54) is 0 Å². The molecule has 0 saturated carbocycles. The van der Waals surface area contributed by atoms with E-state index < -0.39 is 0 Å². The number of hydrogen-bond acceptors (Lipinski definition) is 3. The van der Waals surface area contributed by atoms with Gasteiger partial charge in [0.15, 0.2) is 12.0 Å². The lowest BCUT2D eigenvalue weighted by atomic mass is 10.1. The topological polar surface area (TPSA) is 39.4 Å². The monoisotopic (exact) mass is 204 g/mol. The van der Waals surface area contributed by atoms with E-state index in [4.69, 9.17) is 9.15 Å². The van der Waals surface area contributed by atoms with Crippen LogP contribution < -0.4 is 4.74 Å². The molecule has 1 aromatic heterocycles. The molecule has 1 heterocycles. The van der Waals surface area contributed by atoms with E-state index in [0.717, 1.165) is 35.0 Å². The number of hydrogen-bond donors (Lipinski definition) is 0. The highest BCUT2D eigenvalue weighted by molar-refractivity contribution is 5.90. The number of ether oxygens (including phenoxy) is 1. The van der Waals surface area contributed by atoms with Crippen molar-refractivity contribution in [3.63, 3.8) is 0 Å². The fraction of sp³-hybridized carbons (Fsp3) is 0.250. The summed E-state index contributed by atoms with van der Waals surface area (Å²) in [6, 6.07) is 5.53. The zero-order valence-corrected chi connectivity index (χ0v) is 8.74. The van der Waals surface area contributed by atoms with Crippen LogP contribution in [0.15, 0.2) is 22.6 Å².